The second kappa shape index (κ2) is 13.0. The van der Waals surface area contributed by atoms with E-state index in [2.05, 4.69) is 15.6 Å². The Morgan fingerprint density at radius 3 is 2.09 bits per heavy atom. The highest BCUT2D eigenvalue weighted by atomic mass is 16.4. The van der Waals surface area contributed by atoms with E-state index in [-0.39, 0.29) is 36.7 Å². The Bertz CT molecular complexity index is 1530. The Hall–Kier alpha value is -4.21. The van der Waals surface area contributed by atoms with Crippen molar-refractivity contribution in [3.8, 4) is 0 Å². The van der Waals surface area contributed by atoms with Crippen molar-refractivity contribution in [2.24, 2.45) is 4.99 Å². The highest BCUT2D eigenvalue weighted by Gasteiger charge is 2.32. The van der Waals surface area contributed by atoms with Gasteiger partial charge in [-0.1, -0.05) is 13.8 Å². The molecular formula is C33H42N4O6. The van der Waals surface area contributed by atoms with Crippen LogP contribution in [0.2, 0.25) is 0 Å². The van der Waals surface area contributed by atoms with Crippen LogP contribution >= 0.6 is 0 Å². The molecule has 43 heavy (non-hydrogen) atoms. The summed E-state index contributed by atoms with van der Waals surface area (Å²) in [5.74, 6) is -1.93. The zero-order valence-corrected chi connectivity index (χ0v) is 25.9. The third kappa shape index (κ3) is 6.58. The molecule has 230 valence electrons. The Morgan fingerprint density at radius 2 is 1.49 bits per heavy atom. The molecule has 0 bridgehead atoms. The van der Waals surface area contributed by atoms with Gasteiger partial charge in [0, 0.05) is 53.9 Å². The van der Waals surface area contributed by atoms with Crippen LogP contribution in [0.5, 0.6) is 0 Å². The fourth-order valence-electron chi connectivity index (χ4n) is 6.49. The van der Waals surface area contributed by atoms with Crippen LogP contribution in [0.25, 0.3) is 6.08 Å². The van der Waals surface area contributed by atoms with E-state index in [1.54, 1.807) is 0 Å². The molecule has 2 unspecified atom stereocenters. The first-order chi connectivity index (χ1) is 20.4. The number of nitrogens with zero attached hydrogens (tertiary/aromatic N) is 1. The standard InChI is InChI=1S/C33H42N4O6/c1-7-20-19(6)32(42)37-27(20)14-25-18(5)23(10-12-31(40)41)29(35-25)15-28-22(9-11-30(38)39)17(4)24(34-28)13-26-16(3)21(8-2)33(43)36-26/h15,26-27,35H,7-14H2,1-6H3,(H,36,43)(H,37,42)(H,38,39)(H,40,41). The lowest BCUT2D eigenvalue weighted by atomic mass is 9.95. The summed E-state index contributed by atoms with van der Waals surface area (Å²) in [4.78, 5) is 56.3. The molecule has 10 nitrogen and oxygen atoms in total. The van der Waals surface area contributed by atoms with Crippen molar-refractivity contribution < 1.29 is 29.4 Å². The molecule has 1 aromatic rings. The zero-order chi connectivity index (χ0) is 31.6. The average Bonchev–Trinajstić information content (AvgIpc) is 3.59. The molecule has 3 aliphatic rings. The molecule has 4 heterocycles. The van der Waals surface area contributed by atoms with Gasteiger partial charge in [0.1, 0.15) is 0 Å². The van der Waals surface area contributed by atoms with Gasteiger partial charge in [-0.2, -0.15) is 0 Å². The molecule has 3 aliphatic heterocycles. The normalized spacial score (nSPS) is 21.3. The molecule has 0 aliphatic carbocycles. The topological polar surface area (TPSA) is 161 Å². The maximum absolute atomic E-state index is 12.4. The molecule has 5 N–H and O–H groups in total. The Morgan fingerprint density at radius 1 is 0.837 bits per heavy atom. The van der Waals surface area contributed by atoms with Crippen molar-refractivity contribution in [2.45, 2.75) is 105 Å². The second-order valence-corrected chi connectivity index (χ2v) is 11.6. The number of hydrogen-bond donors (Lipinski definition) is 5. The van der Waals surface area contributed by atoms with Crippen LogP contribution in [-0.4, -0.2) is 56.7 Å². The summed E-state index contributed by atoms with van der Waals surface area (Å²) in [6.45, 7) is 11.7. The van der Waals surface area contributed by atoms with E-state index in [1.165, 1.54) is 0 Å². The van der Waals surface area contributed by atoms with Gasteiger partial charge >= 0.3 is 11.9 Å². The van der Waals surface area contributed by atoms with Gasteiger partial charge in [0.15, 0.2) is 0 Å². The molecular weight excluding hydrogens is 548 g/mol. The van der Waals surface area contributed by atoms with Crippen molar-refractivity contribution in [3.05, 3.63) is 61.7 Å². The second-order valence-electron chi connectivity index (χ2n) is 11.6. The van der Waals surface area contributed by atoms with Crippen molar-refractivity contribution >= 4 is 35.5 Å². The SMILES string of the molecule is CCC1=C(C)C(CC2=NC(=Cc3[nH]c(CC4NC(=O)C(C)=C4CC)c(C)c3CCC(=O)O)C(CCC(=O)O)=C2C)NC1=O. The van der Waals surface area contributed by atoms with E-state index in [4.69, 9.17) is 4.99 Å². The Balaban J connectivity index is 1.74. The number of carboxylic acid groups (broad SMARTS) is 2. The molecule has 4 rings (SSSR count). The first kappa shape index (κ1) is 31.7. The minimum atomic E-state index is -0.906. The summed E-state index contributed by atoms with van der Waals surface area (Å²) in [5.41, 5.74) is 10.2. The van der Waals surface area contributed by atoms with Crippen LogP contribution in [0.1, 0.15) is 95.7 Å². The lowest BCUT2D eigenvalue weighted by Crippen LogP contribution is -2.31. The predicted molar refractivity (Wildman–Crippen MR) is 165 cm³/mol. The molecule has 0 radical (unpaired) electrons. The van der Waals surface area contributed by atoms with Gasteiger partial charge in [-0.05, 0) is 92.9 Å². The van der Waals surface area contributed by atoms with E-state index < -0.39 is 11.9 Å². The number of aliphatic carboxylic acids is 2. The summed E-state index contributed by atoms with van der Waals surface area (Å²) >= 11 is 0. The van der Waals surface area contributed by atoms with Gasteiger partial charge in [0.25, 0.3) is 0 Å². The molecule has 0 saturated carbocycles. The summed E-state index contributed by atoms with van der Waals surface area (Å²) in [6, 6.07) is -0.314. The third-order valence-corrected chi connectivity index (χ3v) is 9.09. The van der Waals surface area contributed by atoms with Crippen LogP contribution in [0.3, 0.4) is 0 Å². The number of aliphatic imine (C=N–C) groups is 1. The number of carbonyl (C=O) groups excluding carboxylic acids is 2. The molecule has 0 saturated heterocycles. The fraction of sp³-hybridized carbons (Fsp3) is 0.485. The molecule has 1 aromatic heterocycles. The number of aromatic amines is 1. The van der Waals surface area contributed by atoms with Gasteiger partial charge in [0.2, 0.25) is 11.8 Å². The molecule has 2 amide bonds. The molecule has 0 aromatic carbocycles. The number of aromatic nitrogens is 1. The third-order valence-electron chi connectivity index (χ3n) is 9.09. The van der Waals surface area contributed by atoms with E-state index in [0.29, 0.717) is 37.8 Å². The number of hydrogen-bond acceptors (Lipinski definition) is 5. The van der Waals surface area contributed by atoms with Gasteiger partial charge in [-0.15, -0.1) is 0 Å². The lowest BCUT2D eigenvalue weighted by molar-refractivity contribution is -0.138. The van der Waals surface area contributed by atoms with Crippen LogP contribution in [0.4, 0.5) is 0 Å². The molecule has 0 spiro atoms. The van der Waals surface area contributed by atoms with E-state index >= 15 is 0 Å². The fourth-order valence-corrected chi connectivity index (χ4v) is 6.49. The van der Waals surface area contributed by atoms with Gasteiger partial charge in [-0.3, -0.25) is 24.2 Å². The number of carboxylic acids is 2. The number of H-pyrrole nitrogens is 1. The number of carbonyl (C=O) groups is 4. The van der Waals surface area contributed by atoms with E-state index in [0.717, 1.165) is 68.1 Å². The Kier molecular flexibility index (Phi) is 9.57. The minimum Gasteiger partial charge on any atom is -0.481 e. The highest BCUT2D eigenvalue weighted by Crippen LogP contribution is 2.35. The van der Waals surface area contributed by atoms with Gasteiger partial charge in [-0.25, -0.2) is 0 Å². The monoisotopic (exact) mass is 590 g/mol. The van der Waals surface area contributed by atoms with Crippen molar-refractivity contribution in [1.29, 1.82) is 0 Å². The highest BCUT2D eigenvalue weighted by molar-refractivity contribution is 6.07. The van der Waals surface area contributed by atoms with Crippen molar-refractivity contribution in [3.63, 3.8) is 0 Å². The minimum absolute atomic E-state index is 0.0459. The van der Waals surface area contributed by atoms with Gasteiger partial charge < -0.3 is 25.8 Å². The zero-order valence-electron chi connectivity index (χ0n) is 25.9. The van der Waals surface area contributed by atoms with Crippen LogP contribution < -0.4 is 10.6 Å². The van der Waals surface area contributed by atoms with Crippen LogP contribution in [0.15, 0.2) is 44.1 Å². The van der Waals surface area contributed by atoms with E-state index in [9.17, 15) is 29.4 Å². The predicted octanol–water partition coefficient (Wildman–Crippen LogP) is 4.70. The van der Waals surface area contributed by atoms with Crippen LogP contribution in [0, 0.1) is 6.92 Å². The molecule has 0 fully saturated rings. The number of amides is 2. The van der Waals surface area contributed by atoms with Crippen molar-refractivity contribution in [2.75, 3.05) is 0 Å². The summed E-state index contributed by atoms with van der Waals surface area (Å²) < 4.78 is 0. The first-order valence-electron chi connectivity index (χ1n) is 15.0. The summed E-state index contributed by atoms with van der Waals surface area (Å²) in [7, 11) is 0. The quantitative estimate of drug-likeness (QED) is 0.224. The van der Waals surface area contributed by atoms with Crippen LogP contribution in [-0.2, 0) is 32.0 Å². The van der Waals surface area contributed by atoms with Gasteiger partial charge in [0.05, 0.1) is 17.8 Å². The number of nitrogens with one attached hydrogen (secondary N) is 3. The number of rotatable bonds is 13. The van der Waals surface area contributed by atoms with E-state index in [1.807, 2.05) is 47.6 Å². The summed E-state index contributed by atoms with van der Waals surface area (Å²) in [6.07, 6.45) is 4.84. The number of allylic oxidation sites excluding steroid dienone is 2. The first-order valence-corrected chi connectivity index (χ1v) is 15.0. The Labute approximate surface area is 252 Å². The maximum atomic E-state index is 12.4. The molecule has 2 atom stereocenters. The van der Waals surface area contributed by atoms with Crippen molar-refractivity contribution in [1.82, 2.24) is 15.6 Å². The largest absolute Gasteiger partial charge is 0.481 e. The maximum Gasteiger partial charge on any atom is 0.303 e. The lowest BCUT2D eigenvalue weighted by Gasteiger charge is -2.14. The smallest absolute Gasteiger partial charge is 0.303 e. The summed E-state index contributed by atoms with van der Waals surface area (Å²) in [5, 5.41) is 25.0. The molecule has 10 heteroatoms. The average molecular weight is 591 g/mol.